The van der Waals surface area contributed by atoms with Gasteiger partial charge in [-0.1, -0.05) is 18.2 Å². The second-order valence-electron chi connectivity index (χ2n) is 5.99. The van der Waals surface area contributed by atoms with Gasteiger partial charge in [-0.3, -0.25) is 19.2 Å². The molecule has 1 amide bonds. The molecule has 0 bridgehead atoms. The lowest BCUT2D eigenvalue weighted by atomic mass is 10.1. The topological polar surface area (TPSA) is 115 Å². The van der Waals surface area contributed by atoms with E-state index in [1.165, 1.54) is 49.1 Å². The summed E-state index contributed by atoms with van der Waals surface area (Å²) >= 11 is 0. The SMILES string of the molecule is COC(=O)CNC(=O)c1ccc(/C=C/C(=O)c2c(O)cc(C)n(C)c2=O)cc1. The van der Waals surface area contributed by atoms with Crippen molar-refractivity contribution in [3.05, 3.63) is 69.1 Å². The van der Waals surface area contributed by atoms with Crippen LogP contribution in [0.25, 0.3) is 6.08 Å². The lowest BCUT2D eigenvalue weighted by Gasteiger charge is -2.07. The van der Waals surface area contributed by atoms with Crippen LogP contribution in [0.3, 0.4) is 0 Å². The summed E-state index contributed by atoms with van der Waals surface area (Å²) < 4.78 is 5.72. The average Bonchev–Trinajstić information content (AvgIpc) is 2.68. The van der Waals surface area contributed by atoms with E-state index in [4.69, 9.17) is 0 Å². The zero-order valence-corrected chi connectivity index (χ0v) is 15.7. The monoisotopic (exact) mass is 384 g/mol. The minimum Gasteiger partial charge on any atom is -0.507 e. The van der Waals surface area contributed by atoms with Crippen molar-refractivity contribution in [3.8, 4) is 5.75 Å². The molecule has 0 aliphatic carbocycles. The predicted molar refractivity (Wildman–Crippen MR) is 102 cm³/mol. The van der Waals surface area contributed by atoms with Gasteiger partial charge in [0.2, 0.25) is 0 Å². The summed E-state index contributed by atoms with van der Waals surface area (Å²) in [6.45, 7) is 1.41. The smallest absolute Gasteiger partial charge is 0.325 e. The third-order valence-corrected chi connectivity index (χ3v) is 4.12. The highest BCUT2D eigenvalue weighted by atomic mass is 16.5. The summed E-state index contributed by atoms with van der Waals surface area (Å²) in [7, 11) is 2.74. The van der Waals surface area contributed by atoms with Crippen molar-refractivity contribution < 1.29 is 24.2 Å². The van der Waals surface area contributed by atoms with Crippen LogP contribution < -0.4 is 10.9 Å². The molecule has 0 aliphatic heterocycles. The molecule has 0 aliphatic rings. The quantitative estimate of drug-likeness (QED) is 0.439. The van der Waals surface area contributed by atoms with Gasteiger partial charge in [-0.05, 0) is 30.7 Å². The van der Waals surface area contributed by atoms with Crippen molar-refractivity contribution in [2.45, 2.75) is 6.92 Å². The van der Waals surface area contributed by atoms with Crippen LogP contribution in [-0.2, 0) is 16.6 Å². The van der Waals surface area contributed by atoms with Crippen molar-refractivity contribution in [1.29, 1.82) is 0 Å². The summed E-state index contributed by atoms with van der Waals surface area (Å²) in [6, 6.07) is 7.61. The molecule has 1 aromatic heterocycles. The molecule has 0 fully saturated rings. The number of nitrogens with zero attached hydrogens (tertiary/aromatic N) is 1. The number of aromatic nitrogens is 1. The van der Waals surface area contributed by atoms with Crippen LogP contribution in [-0.4, -0.2) is 41.0 Å². The van der Waals surface area contributed by atoms with E-state index < -0.39 is 23.2 Å². The molecule has 1 heterocycles. The summed E-state index contributed by atoms with van der Waals surface area (Å²) in [5.41, 5.74) is 0.593. The van der Waals surface area contributed by atoms with Gasteiger partial charge in [0.15, 0.2) is 5.78 Å². The van der Waals surface area contributed by atoms with Crippen LogP contribution in [0.5, 0.6) is 5.75 Å². The number of allylic oxidation sites excluding steroid dienone is 1. The fraction of sp³-hybridized carbons (Fsp3) is 0.200. The van der Waals surface area contributed by atoms with Gasteiger partial charge in [0, 0.05) is 24.4 Å². The highest BCUT2D eigenvalue weighted by molar-refractivity contribution is 6.08. The fourth-order valence-electron chi connectivity index (χ4n) is 2.36. The minimum atomic E-state index is -0.627. The molecule has 146 valence electrons. The number of methoxy groups -OCH3 is 1. The minimum absolute atomic E-state index is 0.236. The number of ether oxygens (including phenoxy) is 1. The van der Waals surface area contributed by atoms with Crippen LogP contribution in [0.1, 0.15) is 32.0 Å². The molecule has 1 aromatic carbocycles. The van der Waals surface area contributed by atoms with Gasteiger partial charge in [0.05, 0.1) is 7.11 Å². The van der Waals surface area contributed by atoms with Gasteiger partial charge in [0.25, 0.3) is 11.5 Å². The van der Waals surface area contributed by atoms with Gasteiger partial charge in [-0.15, -0.1) is 0 Å². The maximum absolute atomic E-state index is 12.3. The van der Waals surface area contributed by atoms with E-state index in [2.05, 4.69) is 10.1 Å². The molecule has 28 heavy (non-hydrogen) atoms. The highest BCUT2D eigenvalue weighted by Crippen LogP contribution is 2.16. The number of pyridine rings is 1. The Morgan fingerprint density at radius 2 is 1.86 bits per heavy atom. The third kappa shape index (κ3) is 4.73. The number of carbonyl (C=O) groups excluding carboxylic acids is 3. The van der Waals surface area contributed by atoms with Crippen LogP contribution in [0.15, 0.2) is 41.2 Å². The number of hydrogen-bond acceptors (Lipinski definition) is 6. The largest absolute Gasteiger partial charge is 0.507 e. The summed E-state index contributed by atoms with van der Waals surface area (Å²) in [5, 5.41) is 12.3. The lowest BCUT2D eigenvalue weighted by Crippen LogP contribution is -2.30. The van der Waals surface area contributed by atoms with E-state index in [-0.39, 0.29) is 17.9 Å². The number of aryl methyl sites for hydroxylation is 1. The number of rotatable bonds is 6. The molecule has 0 spiro atoms. The van der Waals surface area contributed by atoms with Crippen LogP contribution in [0.4, 0.5) is 0 Å². The average molecular weight is 384 g/mol. The third-order valence-electron chi connectivity index (χ3n) is 4.12. The first-order chi connectivity index (χ1) is 13.2. The van der Waals surface area contributed by atoms with Crippen molar-refractivity contribution >= 4 is 23.7 Å². The van der Waals surface area contributed by atoms with E-state index in [1.807, 2.05) is 0 Å². The van der Waals surface area contributed by atoms with E-state index in [0.717, 1.165) is 0 Å². The Hall–Kier alpha value is -3.68. The maximum Gasteiger partial charge on any atom is 0.325 e. The number of esters is 1. The molecule has 2 N–H and O–H groups in total. The fourth-order valence-corrected chi connectivity index (χ4v) is 2.36. The summed E-state index contributed by atoms with van der Waals surface area (Å²) in [5.74, 6) is -1.99. The number of nitrogens with one attached hydrogen (secondary N) is 1. The number of carbonyl (C=O) groups is 3. The van der Waals surface area contributed by atoms with Gasteiger partial charge in [-0.2, -0.15) is 0 Å². The highest BCUT2D eigenvalue weighted by Gasteiger charge is 2.16. The number of amides is 1. The first-order valence-electron chi connectivity index (χ1n) is 8.31. The van der Waals surface area contributed by atoms with Crippen molar-refractivity contribution in [1.82, 2.24) is 9.88 Å². The molecule has 0 unspecified atom stereocenters. The Kier molecular flexibility index (Phi) is 6.49. The lowest BCUT2D eigenvalue weighted by molar-refractivity contribution is -0.139. The molecule has 0 saturated carbocycles. The molecule has 8 heteroatoms. The first kappa shape index (κ1) is 20.6. The molecule has 0 radical (unpaired) electrons. The van der Waals surface area contributed by atoms with Crippen LogP contribution in [0.2, 0.25) is 0 Å². The number of benzene rings is 1. The Balaban J connectivity index is 2.12. The standard InChI is InChI=1S/C20H20N2O6/c1-12-10-16(24)18(20(27)22(12)2)15(23)9-6-13-4-7-14(8-5-13)19(26)21-11-17(25)28-3/h4-10,24H,11H2,1-3H3,(H,21,26)/b9-6+. The van der Waals surface area contributed by atoms with E-state index in [0.29, 0.717) is 16.8 Å². The summed E-state index contributed by atoms with van der Waals surface area (Å²) in [6.07, 6.45) is 2.65. The van der Waals surface area contributed by atoms with Gasteiger partial charge < -0.3 is 19.7 Å². The van der Waals surface area contributed by atoms with E-state index in [9.17, 15) is 24.3 Å². The second kappa shape index (κ2) is 8.81. The molecule has 8 nitrogen and oxygen atoms in total. The molecule has 2 aromatic rings. The Bertz CT molecular complexity index is 1000. The van der Waals surface area contributed by atoms with Gasteiger partial charge >= 0.3 is 5.97 Å². The number of aromatic hydroxyl groups is 1. The zero-order valence-electron chi connectivity index (χ0n) is 15.7. The molecular formula is C20H20N2O6. The Morgan fingerprint density at radius 1 is 1.21 bits per heavy atom. The van der Waals surface area contributed by atoms with Crippen LogP contribution >= 0.6 is 0 Å². The zero-order chi connectivity index (χ0) is 20.8. The van der Waals surface area contributed by atoms with Crippen molar-refractivity contribution in [2.24, 2.45) is 7.05 Å². The normalized spacial score (nSPS) is 10.7. The first-order valence-corrected chi connectivity index (χ1v) is 8.31. The summed E-state index contributed by atoms with van der Waals surface area (Å²) in [4.78, 5) is 47.4. The Morgan fingerprint density at radius 3 is 2.46 bits per heavy atom. The van der Waals surface area contributed by atoms with E-state index >= 15 is 0 Å². The van der Waals surface area contributed by atoms with Gasteiger partial charge in [0.1, 0.15) is 17.9 Å². The predicted octanol–water partition coefficient (Wildman–Crippen LogP) is 1.20. The van der Waals surface area contributed by atoms with E-state index in [1.54, 1.807) is 19.1 Å². The number of ketones is 1. The maximum atomic E-state index is 12.3. The Labute approximate surface area is 161 Å². The second-order valence-corrected chi connectivity index (χ2v) is 5.99. The van der Waals surface area contributed by atoms with Crippen molar-refractivity contribution in [2.75, 3.05) is 13.7 Å². The molecule has 2 rings (SSSR count). The number of hydrogen-bond donors (Lipinski definition) is 2. The van der Waals surface area contributed by atoms with Crippen LogP contribution in [0, 0.1) is 6.92 Å². The molecule has 0 atom stereocenters. The molecular weight excluding hydrogens is 364 g/mol. The van der Waals surface area contributed by atoms with Crippen molar-refractivity contribution in [3.63, 3.8) is 0 Å². The molecule has 0 saturated heterocycles. The van der Waals surface area contributed by atoms with Gasteiger partial charge in [-0.25, -0.2) is 0 Å².